The summed E-state index contributed by atoms with van der Waals surface area (Å²) < 4.78 is 11.3. The third kappa shape index (κ3) is 3.25. The molecule has 0 aliphatic carbocycles. The molecule has 3 rings (SSSR count). The minimum Gasteiger partial charge on any atom is -0.490 e. The number of piperidine rings is 1. The zero-order valence-electron chi connectivity index (χ0n) is 11.9. The first-order valence-corrected chi connectivity index (χ1v) is 7.74. The third-order valence-corrected chi connectivity index (χ3v) is 4.20. The van der Waals surface area contributed by atoms with Crippen LogP contribution in [-0.4, -0.2) is 38.0 Å². The second-order valence-electron chi connectivity index (χ2n) is 5.79. The molecule has 2 heterocycles. The van der Waals surface area contributed by atoms with E-state index in [4.69, 9.17) is 9.47 Å². The molecule has 0 radical (unpaired) electrons. The summed E-state index contributed by atoms with van der Waals surface area (Å²) in [5.41, 5.74) is 0.937. The van der Waals surface area contributed by atoms with Crippen LogP contribution in [-0.2, 0) is 0 Å². The molecule has 0 aromatic heterocycles. The highest BCUT2D eigenvalue weighted by Gasteiger charge is 2.20. The Bertz CT molecular complexity index is 443. The van der Waals surface area contributed by atoms with E-state index in [1.165, 1.54) is 37.3 Å². The molecule has 0 unspecified atom stereocenters. The summed E-state index contributed by atoms with van der Waals surface area (Å²) in [6.07, 6.45) is 4.39. The van der Waals surface area contributed by atoms with Crippen molar-refractivity contribution < 1.29 is 19.5 Å². The summed E-state index contributed by atoms with van der Waals surface area (Å²) in [6.45, 7) is 4.54. The molecule has 2 aliphatic rings. The van der Waals surface area contributed by atoms with Crippen LogP contribution in [0.3, 0.4) is 0 Å². The predicted molar refractivity (Wildman–Crippen MR) is 76.4 cm³/mol. The van der Waals surface area contributed by atoms with Gasteiger partial charge in [-0.2, -0.15) is 0 Å². The van der Waals surface area contributed by atoms with Crippen LogP contribution in [0.25, 0.3) is 0 Å². The minimum atomic E-state index is -0.416. The molecule has 0 saturated carbocycles. The first-order valence-electron chi connectivity index (χ1n) is 7.74. The van der Waals surface area contributed by atoms with E-state index in [0.29, 0.717) is 13.2 Å². The highest BCUT2D eigenvalue weighted by atomic mass is 16.5. The molecule has 1 saturated heterocycles. The van der Waals surface area contributed by atoms with E-state index >= 15 is 0 Å². The lowest BCUT2D eigenvalue weighted by atomic mass is 10.1. The van der Waals surface area contributed by atoms with Gasteiger partial charge in [-0.15, -0.1) is 0 Å². The van der Waals surface area contributed by atoms with Crippen LogP contribution < -0.4 is 14.4 Å². The molecule has 0 spiro atoms. The Morgan fingerprint density at radius 3 is 2.55 bits per heavy atom. The van der Waals surface area contributed by atoms with Crippen LogP contribution in [0.4, 0.5) is 0 Å². The van der Waals surface area contributed by atoms with Gasteiger partial charge in [0, 0.05) is 6.42 Å². The van der Waals surface area contributed by atoms with Crippen molar-refractivity contribution >= 4 is 0 Å². The lowest BCUT2D eigenvalue weighted by Crippen LogP contribution is -3.13. The Kier molecular flexibility index (Phi) is 4.43. The van der Waals surface area contributed by atoms with Gasteiger partial charge < -0.3 is 19.5 Å². The van der Waals surface area contributed by atoms with Gasteiger partial charge in [-0.3, -0.25) is 0 Å². The summed E-state index contributed by atoms with van der Waals surface area (Å²) in [4.78, 5) is 1.51. The van der Waals surface area contributed by atoms with Crippen molar-refractivity contribution in [3.63, 3.8) is 0 Å². The Morgan fingerprint density at radius 1 is 1.00 bits per heavy atom. The van der Waals surface area contributed by atoms with Gasteiger partial charge in [-0.1, -0.05) is 6.07 Å². The number of nitrogens with one attached hydrogen (secondary N) is 1. The van der Waals surface area contributed by atoms with Crippen molar-refractivity contribution in [1.29, 1.82) is 0 Å². The molecular formula is C16H24NO3+. The molecule has 1 fully saturated rings. The molecular weight excluding hydrogens is 254 g/mol. The van der Waals surface area contributed by atoms with Gasteiger partial charge in [-0.25, -0.2) is 0 Å². The van der Waals surface area contributed by atoms with Crippen molar-refractivity contribution in [3.05, 3.63) is 23.8 Å². The van der Waals surface area contributed by atoms with E-state index < -0.39 is 6.10 Å². The monoisotopic (exact) mass is 278 g/mol. The van der Waals surface area contributed by atoms with E-state index in [9.17, 15) is 5.11 Å². The number of quaternary nitrogens is 1. The maximum absolute atomic E-state index is 10.4. The van der Waals surface area contributed by atoms with Crippen molar-refractivity contribution in [3.8, 4) is 11.5 Å². The second kappa shape index (κ2) is 6.46. The summed E-state index contributed by atoms with van der Waals surface area (Å²) in [6, 6.07) is 5.82. The fraction of sp³-hybridized carbons (Fsp3) is 0.625. The number of ether oxygens (including phenoxy) is 2. The molecule has 2 N–H and O–H groups in total. The largest absolute Gasteiger partial charge is 0.490 e. The number of aliphatic hydroxyl groups excluding tert-OH is 1. The lowest BCUT2D eigenvalue weighted by Gasteiger charge is -2.26. The Labute approximate surface area is 120 Å². The maximum atomic E-state index is 10.4. The normalized spacial score (nSPS) is 21.2. The first-order chi connectivity index (χ1) is 9.83. The van der Waals surface area contributed by atoms with Crippen LogP contribution in [0.15, 0.2) is 18.2 Å². The number of hydrogen-bond donors (Lipinski definition) is 2. The number of likely N-dealkylation sites (tertiary alicyclic amines) is 1. The van der Waals surface area contributed by atoms with E-state index in [0.717, 1.165) is 30.0 Å². The van der Waals surface area contributed by atoms with Crippen LogP contribution >= 0.6 is 0 Å². The van der Waals surface area contributed by atoms with Crippen LogP contribution in [0, 0.1) is 0 Å². The highest BCUT2D eigenvalue weighted by molar-refractivity contribution is 5.44. The molecule has 20 heavy (non-hydrogen) atoms. The standard InChI is InChI=1S/C16H23NO3/c18-14(12-17-7-2-1-3-8-17)13-5-6-15-16(11-13)20-10-4-9-19-15/h5-6,11,14,18H,1-4,7-10,12H2/p+1/t14-/m1/s1. The van der Waals surface area contributed by atoms with Gasteiger partial charge >= 0.3 is 0 Å². The molecule has 4 heteroatoms. The van der Waals surface area contributed by atoms with E-state index in [1.807, 2.05) is 18.2 Å². The molecule has 4 nitrogen and oxygen atoms in total. The number of benzene rings is 1. The van der Waals surface area contributed by atoms with Gasteiger partial charge in [0.05, 0.1) is 26.3 Å². The van der Waals surface area contributed by atoms with Gasteiger partial charge in [0.15, 0.2) is 11.5 Å². The van der Waals surface area contributed by atoms with Crippen molar-refractivity contribution in [2.75, 3.05) is 32.8 Å². The van der Waals surface area contributed by atoms with Crippen LogP contribution in [0.1, 0.15) is 37.4 Å². The number of aliphatic hydroxyl groups is 1. The Balaban J connectivity index is 1.67. The van der Waals surface area contributed by atoms with Crippen molar-refractivity contribution in [1.82, 2.24) is 0 Å². The molecule has 1 atom stereocenters. The summed E-state index contributed by atoms with van der Waals surface area (Å²) in [7, 11) is 0. The average Bonchev–Trinajstić information content (AvgIpc) is 2.72. The average molecular weight is 278 g/mol. The number of rotatable bonds is 3. The van der Waals surface area contributed by atoms with Crippen LogP contribution in [0.2, 0.25) is 0 Å². The predicted octanol–water partition coefficient (Wildman–Crippen LogP) is 0.950. The SMILES string of the molecule is O[C@H](C[NH+]1CCCCC1)c1ccc2c(c1)OCCCO2. The molecule has 0 amide bonds. The van der Waals surface area contributed by atoms with Gasteiger partial charge in [0.25, 0.3) is 0 Å². The zero-order chi connectivity index (χ0) is 13.8. The lowest BCUT2D eigenvalue weighted by molar-refractivity contribution is -0.908. The Hall–Kier alpha value is -1.26. The molecule has 0 bridgehead atoms. The first kappa shape index (κ1) is 13.7. The van der Waals surface area contributed by atoms with E-state index in [2.05, 4.69) is 0 Å². The molecule has 110 valence electrons. The summed E-state index contributed by atoms with van der Waals surface area (Å²) >= 11 is 0. The second-order valence-corrected chi connectivity index (χ2v) is 5.79. The van der Waals surface area contributed by atoms with E-state index in [-0.39, 0.29) is 0 Å². The number of fused-ring (bicyclic) bond motifs is 1. The third-order valence-electron chi connectivity index (χ3n) is 4.20. The van der Waals surface area contributed by atoms with Crippen molar-refractivity contribution in [2.24, 2.45) is 0 Å². The molecule has 1 aromatic rings. The van der Waals surface area contributed by atoms with E-state index in [1.54, 1.807) is 0 Å². The van der Waals surface area contributed by atoms with Gasteiger partial charge in [0.2, 0.25) is 0 Å². The summed E-state index contributed by atoms with van der Waals surface area (Å²) in [5, 5.41) is 10.4. The zero-order valence-corrected chi connectivity index (χ0v) is 11.9. The quantitative estimate of drug-likeness (QED) is 0.865. The fourth-order valence-corrected chi connectivity index (χ4v) is 3.03. The van der Waals surface area contributed by atoms with Crippen LogP contribution in [0.5, 0.6) is 11.5 Å². The minimum absolute atomic E-state index is 0.416. The molecule has 1 aromatic carbocycles. The molecule has 2 aliphatic heterocycles. The highest BCUT2D eigenvalue weighted by Crippen LogP contribution is 2.32. The maximum Gasteiger partial charge on any atom is 0.161 e. The Morgan fingerprint density at radius 2 is 1.75 bits per heavy atom. The fourth-order valence-electron chi connectivity index (χ4n) is 3.03. The summed E-state index contributed by atoms with van der Waals surface area (Å²) in [5.74, 6) is 1.57. The number of hydrogen-bond acceptors (Lipinski definition) is 3. The van der Waals surface area contributed by atoms with Gasteiger partial charge in [0.1, 0.15) is 12.6 Å². The van der Waals surface area contributed by atoms with Gasteiger partial charge in [-0.05, 0) is 37.0 Å². The smallest absolute Gasteiger partial charge is 0.161 e. The topological polar surface area (TPSA) is 43.1 Å². The van der Waals surface area contributed by atoms with Crippen molar-refractivity contribution in [2.45, 2.75) is 31.8 Å².